The fraction of sp³-hybridized carbons (Fsp3) is 0.647. The summed E-state index contributed by atoms with van der Waals surface area (Å²) in [4.78, 5) is 0. The fourth-order valence-electron chi connectivity index (χ4n) is 3.03. The minimum Gasteiger partial charge on any atom is -0.388 e. The molecule has 1 aliphatic heterocycles. The minimum atomic E-state index is -0.335. The van der Waals surface area contributed by atoms with Crippen LogP contribution < -0.4 is 5.32 Å². The number of nitrogens with one attached hydrogen (secondary N) is 1. The number of aliphatic hydroxyl groups is 1. The number of benzene rings is 1. The first kappa shape index (κ1) is 14.5. The fourth-order valence-corrected chi connectivity index (χ4v) is 3.03. The topological polar surface area (TPSA) is 32.3 Å². The zero-order chi connectivity index (χ0) is 13.7. The van der Waals surface area contributed by atoms with E-state index in [4.69, 9.17) is 0 Å². The van der Waals surface area contributed by atoms with Gasteiger partial charge in [-0.3, -0.25) is 0 Å². The van der Waals surface area contributed by atoms with Crippen molar-refractivity contribution in [2.24, 2.45) is 0 Å². The van der Waals surface area contributed by atoms with Crippen molar-refractivity contribution in [3.8, 4) is 0 Å². The first-order chi connectivity index (χ1) is 9.19. The van der Waals surface area contributed by atoms with Gasteiger partial charge in [0.2, 0.25) is 0 Å². The molecule has 2 N–H and O–H groups in total. The SMILES string of the molecule is CCCc1ccc(C(O)CC2CCCC(C)N2)cc1. The molecule has 1 fully saturated rings. The van der Waals surface area contributed by atoms with Crippen molar-refractivity contribution in [2.45, 2.75) is 70.6 Å². The van der Waals surface area contributed by atoms with Crippen molar-refractivity contribution >= 4 is 0 Å². The Labute approximate surface area is 117 Å². The minimum absolute atomic E-state index is 0.335. The molecule has 0 radical (unpaired) electrons. The lowest BCUT2D eigenvalue weighted by atomic mass is 9.93. The van der Waals surface area contributed by atoms with Gasteiger partial charge >= 0.3 is 0 Å². The summed E-state index contributed by atoms with van der Waals surface area (Å²) in [5, 5.41) is 13.9. The van der Waals surface area contributed by atoms with Gasteiger partial charge in [0.25, 0.3) is 0 Å². The molecule has 0 saturated carbocycles. The maximum absolute atomic E-state index is 10.3. The molecule has 1 aromatic rings. The van der Waals surface area contributed by atoms with E-state index in [0.29, 0.717) is 12.1 Å². The summed E-state index contributed by atoms with van der Waals surface area (Å²) in [7, 11) is 0. The number of hydrogen-bond acceptors (Lipinski definition) is 2. The van der Waals surface area contributed by atoms with Crippen LogP contribution in [0.5, 0.6) is 0 Å². The van der Waals surface area contributed by atoms with Crippen LogP contribution in [0, 0.1) is 0 Å². The van der Waals surface area contributed by atoms with E-state index < -0.39 is 0 Å². The van der Waals surface area contributed by atoms with E-state index in [1.165, 1.54) is 31.2 Å². The summed E-state index contributed by atoms with van der Waals surface area (Å²) in [6, 6.07) is 9.54. The van der Waals surface area contributed by atoms with Gasteiger partial charge in [0.15, 0.2) is 0 Å². The molecule has 19 heavy (non-hydrogen) atoms. The molecule has 0 aliphatic carbocycles. The Morgan fingerprint density at radius 2 is 2.00 bits per heavy atom. The van der Waals surface area contributed by atoms with Crippen LogP contribution in [0.15, 0.2) is 24.3 Å². The van der Waals surface area contributed by atoms with Gasteiger partial charge in [-0.2, -0.15) is 0 Å². The normalized spacial score (nSPS) is 25.2. The molecule has 3 atom stereocenters. The second-order valence-electron chi connectivity index (χ2n) is 5.94. The molecular formula is C17H27NO. The molecule has 106 valence electrons. The Balaban J connectivity index is 1.89. The molecule has 1 heterocycles. The van der Waals surface area contributed by atoms with Crippen LogP contribution in [-0.2, 0) is 6.42 Å². The highest BCUT2D eigenvalue weighted by molar-refractivity contribution is 5.24. The average molecular weight is 261 g/mol. The molecular weight excluding hydrogens is 234 g/mol. The molecule has 2 nitrogen and oxygen atoms in total. The van der Waals surface area contributed by atoms with Crippen LogP contribution in [-0.4, -0.2) is 17.2 Å². The first-order valence-electron chi connectivity index (χ1n) is 7.72. The molecule has 0 amide bonds. The molecule has 0 bridgehead atoms. The lowest BCUT2D eigenvalue weighted by molar-refractivity contribution is 0.139. The van der Waals surface area contributed by atoms with Crippen LogP contribution in [0.1, 0.15) is 63.2 Å². The van der Waals surface area contributed by atoms with Crippen LogP contribution in [0.25, 0.3) is 0 Å². The first-order valence-corrected chi connectivity index (χ1v) is 7.72. The predicted molar refractivity (Wildman–Crippen MR) is 80.3 cm³/mol. The van der Waals surface area contributed by atoms with Crippen molar-refractivity contribution in [1.29, 1.82) is 0 Å². The van der Waals surface area contributed by atoms with E-state index in [2.05, 4.69) is 43.4 Å². The van der Waals surface area contributed by atoms with Crippen molar-refractivity contribution in [3.63, 3.8) is 0 Å². The zero-order valence-electron chi connectivity index (χ0n) is 12.2. The third kappa shape index (κ3) is 4.32. The van der Waals surface area contributed by atoms with E-state index in [0.717, 1.165) is 18.4 Å². The molecule has 2 rings (SSSR count). The molecule has 2 heteroatoms. The maximum Gasteiger partial charge on any atom is 0.0804 e. The van der Waals surface area contributed by atoms with E-state index in [-0.39, 0.29) is 6.10 Å². The Bertz CT molecular complexity index is 373. The van der Waals surface area contributed by atoms with Crippen LogP contribution >= 0.6 is 0 Å². The molecule has 3 unspecified atom stereocenters. The van der Waals surface area contributed by atoms with Gasteiger partial charge in [0, 0.05) is 12.1 Å². The van der Waals surface area contributed by atoms with Crippen molar-refractivity contribution in [2.75, 3.05) is 0 Å². The number of aryl methyl sites for hydroxylation is 1. The summed E-state index contributed by atoms with van der Waals surface area (Å²) in [6.45, 7) is 4.43. The van der Waals surface area contributed by atoms with Gasteiger partial charge in [-0.1, -0.05) is 44.0 Å². The number of hydrogen-bond donors (Lipinski definition) is 2. The molecule has 1 aliphatic rings. The summed E-state index contributed by atoms with van der Waals surface area (Å²) in [5.74, 6) is 0. The Morgan fingerprint density at radius 1 is 1.26 bits per heavy atom. The molecule has 0 aromatic heterocycles. The van der Waals surface area contributed by atoms with Gasteiger partial charge in [-0.25, -0.2) is 0 Å². The largest absolute Gasteiger partial charge is 0.388 e. The monoisotopic (exact) mass is 261 g/mol. The molecule has 1 saturated heterocycles. The van der Waals surface area contributed by atoms with Crippen LogP contribution in [0.4, 0.5) is 0 Å². The second-order valence-corrected chi connectivity index (χ2v) is 5.94. The summed E-state index contributed by atoms with van der Waals surface area (Å²) in [5.41, 5.74) is 2.42. The smallest absolute Gasteiger partial charge is 0.0804 e. The van der Waals surface area contributed by atoms with E-state index in [1.54, 1.807) is 0 Å². The highest BCUT2D eigenvalue weighted by Crippen LogP contribution is 2.24. The molecule has 1 aromatic carbocycles. The van der Waals surface area contributed by atoms with Gasteiger partial charge in [0.05, 0.1) is 6.10 Å². The number of rotatable bonds is 5. The van der Waals surface area contributed by atoms with Gasteiger partial charge in [-0.15, -0.1) is 0 Å². The van der Waals surface area contributed by atoms with Crippen molar-refractivity contribution < 1.29 is 5.11 Å². The van der Waals surface area contributed by atoms with Gasteiger partial charge < -0.3 is 10.4 Å². The Hall–Kier alpha value is -0.860. The summed E-state index contributed by atoms with van der Waals surface area (Å²) >= 11 is 0. The summed E-state index contributed by atoms with van der Waals surface area (Å²) < 4.78 is 0. The highest BCUT2D eigenvalue weighted by Gasteiger charge is 2.21. The average Bonchev–Trinajstić information content (AvgIpc) is 2.40. The Morgan fingerprint density at radius 3 is 2.63 bits per heavy atom. The standard InChI is InChI=1S/C17H27NO/c1-3-5-14-8-10-15(11-9-14)17(19)12-16-7-4-6-13(2)18-16/h8-11,13,16-19H,3-7,12H2,1-2H3. The third-order valence-corrected chi connectivity index (χ3v) is 4.12. The quantitative estimate of drug-likeness (QED) is 0.849. The summed E-state index contributed by atoms with van der Waals surface area (Å²) in [6.07, 6.45) is 6.52. The lowest BCUT2D eigenvalue weighted by Gasteiger charge is -2.30. The van der Waals surface area contributed by atoms with Gasteiger partial charge in [-0.05, 0) is 43.7 Å². The number of aliphatic hydroxyl groups excluding tert-OH is 1. The van der Waals surface area contributed by atoms with E-state index >= 15 is 0 Å². The second kappa shape index (κ2) is 7.06. The number of piperidine rings is 1. The Kier molecular flexibility index (Phi) is 5.41. The highest BCUT2D eigenvalue weighted by atomic mass is 16.3. The van der Waals surface area contributed by atoms with Crippen LogP contribution in [0.3, 0.4) is 0 Å². The van der Waals surface area contributed by atoms with E-state index in [1.807, 2.05) is 0 Å². The van der Waals surface area contributed by atoms with Gasteiger partial charge in [0.1, 0.15) is 0 Å². The van der Waals surface area contributed by atoms with Crippen molar-refractivity contribution in [3.05, 3.63) is 35.4 Å². The zero-order valence-corrected chi connectivity index (χ0v) is 12.2. The lowest BCUT2D eigenvalue weighted by Crippen LogP contribution is -2.41. The van der Waals surface area contributed by atoms with Crippen LogP contribution in [0.2, 0.25) is 0 Å². The maximum atomic E-state index is 10.3. The third-order valence-electron chi connectivity index (χ3n) is 4.12. The van der Waals surface area contributed by atoms with Crippen molar-refractivity contribution in [1.82, 2.24) is 5.32 Å². The molecule has 0 spiro atoms. The predicted octanol–water partition coefficient (Wildman–Crippen LogP) is 3.59. The van der Waals surface area contributed by atoms with E-state index in [9.17, 15) is 5.11 Å².